The summed E-state index contributed by atoms with van der Waals surface area (Å²) in [5.41, 5.74) is 0.551. The van der Waals surface area contributed by atoms with E-state index in [1.807, 2.05) is 24.3 Å². The Balaban J connectivity index is 1.60. The maximum Gasteiger partial charge on any atom is 0.120 e. The maximum absolute atomic E-state index is 5.66. The molecule has 1 aromatic rings. The van der Waals surface area contributed by atoms with Crippen LogP contribution in [0.5, 0.6) is 5.75 Å². The first-order valence-electron chi connectivity index (χ1n) is 6.27. The fourth-order valence-electron chi connectivity index (χ4n) is 2.15. The molecule has 1 aliphatic rings. The van der Waals surface area contributed by atoms with E-state index in [4.69, 9.17) is 4.74 Å². The Morgan fingerprint density at radius 3 is 2.88 bits per heavy atom. The monoisotopic (exact) mass is 297 g/mol. The molecule has 0 amide bonds. The van der Waals surface area contributed by atoms with Gasteiger partial charge < -0.3 is 10.1 Å². The Morgan fingerprint density at radius 2 is 2.24 bits per heavy atom. The molecule has 1 aliphatic carbocycles. The summed E-state index contributed by atoms with van der Waals surface area (Å²) in [7, 11) is 0. The highest BCUT2D eigenvalue weighted by molar-refractivity contribution is 9.10. The van der Waals surface area contributed by atoms with Crippen molar-refractivity contribution in [3.05, 3.63) is 28.7 Å². The van der Waals surface area contributed by atoms with E-state index in [1.165, 1.54) is 19.3 Å². The summed E-state index contributed by atoms with van der Waals surface area (Å²) in [6.07, 6.45) is 4.13. The van der Waals surface area contributed by atoms with Gasteiger partial charge in [-0.15, -0.1) is 0 Å². The van der Waals surface area contributed by atoms with Crippen LogP contribution in [-0.2, 0) is 0 Å². The van der Waals surface area contributed by atoms with Gasteiger partial charge in [-0.1, -0.05) is 35.3 Å². The molecular weight excluding hydrogens is 278 g/mol. The van der Waals surface area contributed by atoms with E-state index in [0.29, 0.717) is 5.41 Å². The quantitative estimate of drug-likeness (QED) is 0.810. The van der Waals surface area contributed by atoms with Crippen LogP contribution in [-0.4, -0.2) is 19.7 Å². The van der Waals surface area contributed by atoms with Crippen molar-refractivity contribution >= 4 is 15.9 Å². The minimum atomic E-state index is 0.551. The molecule has 2 nitrogen and oxygen atoms in total. The van der Waals surface area contributed by atoms with Gasteiger partial charge >= 0.3 is 0 Å². The Bertz CT molecular complexity index is 363. The molecule has 1 saturated carbocycles. The molecule has 0 unspecified atom stereocenters. The SMILES string of the molecule is CC1(CNCCOc2cccc(Br)c2)CCC1. The third kappa shape index (κ3) is 4.00. The van der Waals surface area contributed by atoms with Gasteiger partial charge in [-0.25, -0.2) is 0 Å². The number of ether oxygens (including phenoxy) is 1. The normalized spacial score (nSPS) is 17.5. The molecule has 0 spiro atoms. The molecule has 0 aromatic heterocycles. The van der Waals surface area contributed by atoms with Gasteiger partial charge in [0, 0.05) is 17.6 Å². The van der Waals surface area contributed by atoms with Crippen molar-refractivity contribution < 1.29 is 4.74 Å². The van der Waals surface area contributed by atoms with Crippen LogP contribution in [0, 0.1) is 5.41 Å². The average Bonchev–Trinajstić information content (AvgIpc) is 2.26. The molecule has 0 heterocycles. The highest BCUT2D eigenvalue weighted by Crippen LogP contribution is 2.39. The fraction of sp³-hybridized carbons (Fsp3) is 0.571. The minimum absolute atomic E-state index is 0.551. The predicted octanol–water partition coefficient (Wildman–Crippen LogP) is 3.61. The first kappa shape index (κ1) is 12.9. The highest BCUT2D eigenvalue weighted by Gasteiger charge is 2.30. The van der Waals surface area contributed by atoms with Gasteiger partial charge in [0.25, 0.3) is 0 Å². The number of benzene rings is 1. The second kappa shape index (κ2) is 5.87. The molecular formula is C14H20BrNO. The molecule has 1 fully saturated rings. The van der Waals surface area contributed by atoms with Gasteiger partial charge in [0.2, 0.25) is 0 Å². The predicted molar refractivity (Wildman–Crippen MR) is 74.5 cm³/mol. The summed E-state index contributed by atoms with van der Waals surface area (Å²) in [5, 5.41) is 3.48. The number of rotatable bonds is 6. The van der Waals surface area contributed by atoms with E-state index in [0.717, 1.165) is 29.9 Å². The zero-order valence-electron chi connectivity index (χ0n) is 10.3. The molecule has 94 valence electrons. The second-order valence-electron chi connectivity index (χ2n) is 5.15. The summed E-state index contributed by atoms with van der Waals surface area (Å²) in [4.78, 5) is 0. The number of halogens is 1. The zero-order valence-corrected chi connectivity index (χ0v) is 11.9. The van der Waals surface area contributed by atoms with Crippen LogP contribution in [0.2, 0.25) is 0 Å². The summed E-state index contributed by atoms with van der Waals surface area (Å²) in [6, 6.07) is 7.97. The van der Waals surface area contributed by atoms with Gasteiger partial charge in [0.05, 0.1) is 0 Å². The van der Waals surface area contributed by atoms with Crippen molar-refractivity contribution in [3.63, 3.8) is 0 Å². The van der Waals surface area contributed by atoms with Crippen LogP contribution in [0.1, 0.15) is 26.2 Å². The van der Waals surface area contributed by atoms with Crippen molar-refractivity contribution in [2.75, 3.05) is 19.7 Å². The minimum Gasteiger partial charge on any atom is -0.492 e. The van der Waals surface area contributed by atoms with Crippen molar-refractivity contribution in [3.8, 4) is 5.75 Å². The fourth-order valence-corrected chi connectivity index (χ4v) is 2.52. The van der Waals surface area contributed by atoms with Crippen LogP contribution < -0.4 is 10.1 Å². The van der Waals surface area contributed by atoms with E-state index in [2.05, 4.69) is 28.2 Å². The summed E-state index contributed by atoms with van der Waals surface area (Å²) in [6.45, 7) is 5.13. The van der Waals surface area contributed by atoms with E-state index < -0.39 is 0 Å². The molecule has 3 heteroatoms. The van der Waals surface area contributed by atoms with Gasteiger partial charge in [0.1, 0.15) is 12.4 Å². The molecule has 0 aliphatic heterocycles. The second-order valence-corrected chi connectivity index (χ2v) is 6.06. The van der Waals surface area contributed by atoms with Crippen LogP contribution in [0.15, 0.2) is 28.7 Å². The lowest BCUT2D eigenvalue weighted by atomic mass is 9.70. The summed E-state index contributed by atoms with van der Waals surface area (Å²) < 4.78 is 6.72. The standard InChI is InChI=1S/C14H20BrNO/c1-14(6-3-7-14)11-16-8-9-17-13-5-2-4-12(15)10-13/h2,4-5,10,16H,3,6-9,11H2,1H3. The lowest BCUT2D eigenvalue weighted by molar-refractivity contribution is 0.154. The van der Waals surface area contributed by atoms with E-state index in [9.17, 15) is 0 Å². The Morgan fingerprint density at radius 1 is 1.41 bits per heavy atom. The Kier molecular flexibility index (Phi) is 4.46. The topological polar surface area (TPSA) is 21.3 Å². The molecule has 0 atom stereocenters. The molecule has 0 radical (unpaired) electrons. The summed E-state index contributed by atoms with van der Waals surface area (Å²) in [5.74, 6) is 0.927. The van der Waals surface area contributed by atoms with Crippen LogP contribution in [0.3, 0.4) is 0 Å². The zero-order chi connectivity index (χ0) is 12.1. The first-order chi connectivity index (χ1) is 8.18. The van der Waals surface area contributed by atoms with Crippen molar-refractivity contribution in [2.45, 2.75) is 26.2 Å². The first-order valence-corrected chi connectivity index (χ1v) is 7.06. The molecule has 0 saturated heterocycles. The molecule has 17 heavy (non-hydrogen) atoms. The maximum atomic E-state index is 5.66. The van der Waals surface area contributed by atoms with E-state index >= 15 is 0 Å². The average molecular weight is 298 g/mol. The van der Waals surface area contributed by atoms with Crippen molar-refractivity contribution in [2.24, 2.45) is 5.41 Å². The number of hydrogen-bond donors (Lipinski definition) is 1. The van der Waals surface area contributed by atoms with Gasteiger partial charge in [0.15, 0.2) is 0 Å². The number of hydrogen-bond acceptors (Lipinski definition) is 2. The third-order valence-corrected chi connectivity index (χ3v) is 3.95. The van der Waals surface area contributed by atoms with Crippen LogP contribution >= 0.6 is 15.9 Å². The molecule has 1 aromatic carbocycles. The van der Waals surface area contributed by atoms with Gasteiger partial charge in [-0.2, -0.15) is 0 Å². The van der Waals surface area contributed by atoms with Crippen molar-refractivity contribution in [1.82, 2.24) is 5.32 Å². The van der Waals surface area contributed by atoms with Gasteiger partial charge in [-0.05, 0) is 36.5 Å². The largest absolute Gasteiger partial charge is 0.492 e. The molecule has 2 rings (SSSR count). The Labute approximate surface area is 112 Å². The smallest absolute Gasteiger partial charge is 0.120 e. The number of nitrogens with one attached hydrogen (secondary N) is 1. The lowest BCUT2D eigenvalue weighted by Gasteiger charge is -2.38. The lowest BCUT2D eigenvalue weighted by Crippen LogP contribution is -2.38. The van der Waals surface area contributed by atoms with Crippen molar-refractivity contribution in [1.29, 1.82) is 0 Å². The van der Waals surface area contributed by atoms with E-state index in [-0.39, 0.29) is 0 Å². The van der Waals surface area contributed by atoms with Crippen LogP contribution in [0.4, 0.5) is 0 Å². The third-order valence-electron chi connectivity index (χ3n) is 3.46. The molecule has 1 N–H and O–H groups in total. The van der Waals surface area contributed by atoms with E-state index in [1.54, 1.807) is 0 Å². The summed E-state index contributed by atoms with van der Waals surface area (Å²) >= 11 is 3.43. The highest BCUT2D eigenvalue weighted by atomic mass is 79.9. The molecule has 0 bridgehead atoms. The Hall–Kier alpha value is -0.540. The van der Waals surface area contributed by atoms with Crippen LogP contribution in [0.25, 0.3) is 0 Å². The van der Waals surface area contributed by atoms with Gasteiger partial charge in [-0.3, -0.25) is 0 Å².